The lowest BCUT2D eigenvalue weighted by Crippen LogP contribution is -2.31. The summed E-state index contributed by atoms with van der Waals surface area (Å²) in [6.07, 6.45) is 13.4. The molecule has 6 aliphatic carbocycles. The molecule has 6 saturated carbocycles. The highest BCUT2D eigenvalue weighted by Crippen LogP contribution is 2.76. The Hall–Kier alpha value is -15.4. The number of phenols is 24. The second-order valence-corrected chi connectivity index (χ2v) is 36.1. The molecule has 30 nitrogen and oxygen atoms in total. The lowest BCUT2D eigenvalue weighted by Gasteiger charge is -2.41. The van der Waals surface area contributed by atoms with E-state index in [1.54, 1.807) is 84.9 Å². The quantitative estimate of drug-likeness (QED) is 0.0235. The number of ether oxygens (including phenoxy) is 6. The summed E-state index contributed by atoms with van der Waals surface area (Å²) in [5.74, 6) is 2.76. The molecule has 6 unspecified atom stereocenters. The zero-order chi connectivity index (χ0) is 97.6. The second-order valence-electron chi connectivity index (χ2n) is 36.1. The maximum atomic E-state index is 10.1. The van der Waals surface area contributed by atoms with Gasteiger partial charge in [0.25, 0.3) is 0 Å². The minimum Gasteiger partial charge on any atom is -0.504 e. The van der Waals surface area contributed by atoms with Gasteiger partial charge in [0.15, 0.2) is 138 Å². The Balaban J connectivity index is 0.000000138. The minimum absolute atomic E-state index is 0.0398. The molecule has 6 aliphatic rings. The molecule has 2 bridgehead atoms. The van der Waals surface area contributed by atoms with Crippen LogP contribution in [0, 0.1) is 28.6 Å². The van der Waals surface area contributed by atoms with Crippen LogP contribution in [-0.2, 0) is 0 Å². The van der Waals surface area contributed by atoms with E-state index in [2.05, 4.69) is 20.8 Å². The fourth-order valence-corrected chi connectivity index (χ4v) is 19.7. The number of hydrogen-bond acceptors (Lipinski definition) is 30. The lowest BCUT2D eigenvalue weighted by atomic mass is 9.63. The first kappa shape index (κ1) is 98.2. The molecule has 18 rings (SSSR count). The average molecular weight is 1870 g/mol. The third-order valence-electron chi connectivity index (χ3n) is 27.3. The van der Waals surface area contributed by atoms with E-state index in [9.17, 15) is 102 Å². The van der Waals surface area contributed by atoms with Gasteiger partial charge in [-0.15, -0.1) is 0 Å². The van der Waals surface area contributed by atoms with Gasteiger partial charge in [-0.1, -0.05) is 57.2 Å². The molecular weight excluding hydrogens is 1750 g/mol. The fraction of sp³-hybridized carbons (Fsp3) is 0.321. The van der Waals surface area contributed by atoms with Crippen LogP contribution < -0.4 is 28.4 Å². The van der Waals surface area contributed by atoms with E-state index in [0.29, 0.717) is 95.6 Å². The van der Waals surface area contributed by atoms with E-state index >= 15 is 0 Å². The van der Waals surface area contributed by atoms with Crippen molar-refractivity contribution < 1.29 is 151 Å². The molecule has 12 aromatic rings. The van der Waals surface area contributed by atoms with Crippen molar-refractivity contribution in [2.24, 2.45) is 28.6 Å². The number of benzene rings is 12. The number of hydrogen-bond donors (Lipinski definition) is 24. The summed E-state index contributed by atoms with van der Waals surface area (Å²) in [4.78, 5) is 0. The summed E-state index contributed by atoms with van der Waals surface area (Å²) >= 11 is 0. The van der Waals surface area contributed by atoms with Crippen molar-refractivity contribution >= 4 is 0 Å². The topological polar surface area (TPSA) is 541 Å². The van der Waals surface area contributed by atoms with Crippen molar-refractivity contribution in [2.45, 2.75) is 158 Å². The second kappa shape index (κ2) is 43.1. The highest BCUT2D eigenvalue weighted by Gasteiger charge is 2.66. The molecule has 0 radical (unpaired) electrons. The van der Waals surface area contributed by atoms with Crippen LogP contribution in [0.25, 0.3) is 0 Å². The molecule has 0 aromatic heterocycles. The van der Waals surface area contributed by atoms with Crippen molar-refractivity contribution in [3.05, 3.63) is 252 Å². The van der Waals surface area contributed by atoms with Gasteiger partial charge in [0, 0.05) is 42.8 Å². The van der Waals surface area contributed by atoms with Crippen LogP contribution in [0.15, 0.2) is 218 Å². The Kier molecular flexibility index (Phi) is 31.1. The fourth-order valence-electron chi connectivity index (χ4n) is 19.7. The molecule has 136 heavy (non-hydrogen) atoms. The molecule has 30 heteroatoms. The minimum atomic E-state index is -0.258. The Bertz CT molecular complexity index is 5810. The Morgan fingerprint density at radius 2 is 0.471 bits per heavy atom. The Morgan fingerprint density at radius 1 is 0.235 bits per heavy atom. The van der Waals surface area contributed by atoms with Crippen molar-refractivity contribution in [1.82, 2.24) is 0 Å². The Labute approximate surface area is 784 Å². The van der Waals surface area contributed by atoms with Crippen LogP contribution in [0.5, 0.6) is 172 Å². The summed E-state index contributed by atoms with van der Waals surface area (Å²) in [6.45, 7) is 8.12. The predicted octanol–water partition coefficient (Wildman–Crippen LogP) is 20.2. The van der Waals surface area contributed by atoms with Crippen LogP contribution in [0.1, 0.15) is 180 Å². The molecule has 0 spiro atoms. The largest absolute Gasteiger partial charge is 0.504 e. The summed E-state index contributed by atoms with van der Waals surface area (Å²) < 4.78 is 33.1. The van der Waals surface area contributed by atoms with E-state index in [4.69, 9.17) is 48.8 Å². The predicted molar refractivity (Wildman–Crippen MR) is 502 cm³/mol. The molecule has 6 fully saturated rings. The van der Waals surface area contributed by atoms with Gasteiger partial charge in [0.05, 0.1) is 13.2 Å². The maximum absolute atomic E-state index is 10.1. The average Bonchev–Trinajstić information content (AvgIpc) is 1.52. The van der Waals surface area contributed by atoms with Crippen LogP contribution in [-0.4, -0.2) is 161 Å². The van der Waals surface area contributed by atoms with Crippen LogP contribution in [0.4, 0.5) is 0 Å². The van der Waals surface area contributed by atoms with Gasteiger partial charge in [-0.25, -0.2) is 0 Å². The first-order valence-corrected chi connectivity index (χ1v) is 44.9. The Morgan fingerprint density at radius 3 is 0.765 bits per heavy atom. The van der Waals surface area contributed by atoms with E-state index in [1.807, 2.05) is 36.4 Å². The number of aromatic hydroxyl groups is 24. The molecule has 0 amide bonds. The van der Waals surface area contributed by atoms with Gasteiger partial charge in [-0.3, -0.25) is 0 Å². The maximum Gasteiger partial charge on any atom is 0.161 e. The highest BCUT2D eigenvalue weighted by molar-refractivity contribution is 5.53. The van der Waals surface area contributed by atoms with Crippen molar-refractivity contribution in [2.75, 3.05) is 26.4 Å². The number of fused-ring (bicyclic) bond motifs is 3. The van der Waals surface area contributed by atoms with E-state index in [0.717, 1.165) is 117 Å². The van der Waals surface area contributed by atoms with Crippen molar-refractivity contribution in [3.8, 4) is 172 Å². The monoisotopic (exact) mass is 1870 g/mol. The highest BCUT2D eigenvalue weighted by atomic mass is 16.5. The number of phenolic OH excluding ortho intramolecular Hbond substituents is 24. The van der Waals surface area contributed by atoms with Gasteiger partial charge in [-0.2, -0.15) is 0 Å². The van der Waals surface area contributed by atoms with Crippen molar-refractivity contribution in [1.29, 1.82) is 0 Å². The SMILES string of the molecule is CC1(C)C2CCC1(C)C(c1ccc(O)c(O)c1)C2c1ccc(O)c(O)c1.Oc1ccc(C2CC3CC(c4ccc(O)c(O)c4)CC3C2)cc1O.Oc1ccc(C2CCC(c3ccc(O)c(O)c3)CC2)cc1O.Oc1ccc(OC2CCCC2Oc2ccc(O)c(O)c2)cc1O.Oc1ccc(OCCCOc2ccc(O)c(O)c2)cc1O.Oc1ccc(OCCOc2ccc(O)c(O)c2)cc1O. The van der Waals surface area contributed by atoms with Gasteiger partial charge in [-0.05, 0) is 327 Å². The molecule has 12 aromatic carbocycles. The zero-order valence-corrected chi connectivity index (χ0v) is 75.0. The summed E-state index contributed by atoms with van der Waals surface area (Å²) in [5, 5.41) is 227. The standard InChI is InChI=1S/C22H26O4.C20H22O4.C18H20O4.C17H18O6.C15H16O6.C14H14O6/c1-21(2)14-8-9-22(21,3)20(13-5-7-16(24)18(26)11-13)19(14)12-4-6-15(23)17(25)10-12;21-17-3-1-11(9-19(17)23)13-5-15-7-14(8-16(15)6-13)12-2-4-18(22)20(24)10-12;19-15-7-5-13(9-17(15)21)11-1-2-12(4-3-11)14-6-8-16(20)18(22)10-14;18-12-6-4-10(8-14(12)20)22-16-2-1-3-17(16)23-11-5-7-13(19)15(21)9-11;16-12-4-2-10(8-14(12)18)20-6-1-7-21-11-3-5-13(17)15(19)9-11;15-11-3-1-9(7-13(11)17)19-5-6-20-10-2-4-12(16)14(18)8-10/h4-7,10-11,14,19-20,23-26H,8-9H2,1-3H3;1-4,9-10,13-16,21-24H,5-8H2;5-12,19-22H,1-4H2;4-9,16-21H,1-3H2;2-5,8-9,16-19H,1,6-7H2;1-4,7-8,15-18H,5-6H2. The van der Waals surface area contributed by atoms with E-state index in [-0.39, 0.29) is 186 Å². The zero-order valence-electron chi connectivity index (χ0n) is 75.0. The number of rotatable bonds is 21. The molecule has 6 atom stereocenters. The van der Waals surface area contributed by atoms with Gasteiger partial charge >= 0.3 is 0 Å². The van der Waals surface area contributed by atoms with Gasteiger partial charge < -0.3 is 151 Å². The summed E-state index contributed by atoms with van der Waals surface area (Å²) in [7, 11) is 0. The molecule has 720 valence electrons. The molecule has 24 N–H and O–H groups in total. The van der Waals surface area contributed by atoms with Crippen molar-refractivity contribution in [3.63, 3.8) is 0 Å². The first-order valence-electron chi connectivity index (χ1n) is 44.9. The van der Waals surface area contributed by atoms with E-state index < -0.39 is 0 Å². The van der Waals surface area contributed by atoms with Gasteiger partial charge in [0.1, 0.15) is 59.9 Å². The molecule has 0 saturated heterocycles. The van der Waals surface area contributed by atoms with Crippen LogP contribution in [0.3, 0.4) is 0 Å². The molecule has 0 heterocycles. The third-order valence-corrected chi connectivity index (χ3v) is 27.3. The first-order chi connectivity index (χ1) is 64.9. The lowest BCUT2D eigenvalue weighted by molar-refractivity contribution is 0.0775. The van der Waals surface area contributed by atoms with Gasteiger partial charge in [0.2, 0.25) is 0 Å². The summed E-state index contributed by atoms with van der Waals surface area (Å²) in [6, 6.07) is 56.0. The van der Waals surface area contributed by atoms with Crippen LogP contribution >= 0.6 is 0 Å². The molecule has 0 aliphatic heterocycles. The normalized spacial score (nSPS) is 21.2. The third kappa shape index (κ3) is 23.8. The summed E-state index contributed by atoms with van der Waals surface area (Å²) in [5.41, 5.74) is 6.50. The smallest absolute Gasteiger partial charge is 0.161 e. The van der Waals surface area contributed by atoms with E-state index in [1.165, 1.54) is 97.1 Å². The van der Waals surface area contributed by atoms with Crippen LogP contribution in [0.2, 0.25) is 0 Å². The molecular formula is C106H116O30.